The highest BCUT2D eigenvalue weighted by molar-refractivity contribution is 7.90. The summed E-state index contributed by atoms with van der Waals surface area (Å²) in [5.74, 6) is 1.09. The number of fused-ring (bicyclic) bond motifs is 1. The van der Waals surface area contributed by atoms with E-state index in [9.17, 15) is 23.3 Å². The van der Waals surface area contributed by atoms with Crippen molar-refractivity contribution in [3.8, 4) is 17.6 Å². The van der Waals surface area contributed by atoms with Gasteiger partial charge in [-0.25, -0.2) is 18.1 Å². The SMILES string of the molecule is CC1(C)C(NC(=O)c2ccc(N3CCN(CCCCCOc4ccc5c(c4)S(=O)(=O)NC5=O)CC3)nc2)C(C)(C)C1Oc1ccc(C#N)c(Cl)c1. The van der Waals surface area contributed by atoms with Gasteiger partial charge in [0.15, 0.2) is 0 Å². The fourth-order valence-corrected chi connectivity index (χ4v) is 9.16. The average molecular weight is 735 g/mol. The van der Waals surface area contributed by atoms with Gasteiger partial charge >= 0.3 is 0 Å². The molecule has 2 aromatic carbocycles. The van der Waals surface area contributed by atoms with Crippen LogP contribution in [0.3, 0.4) is 0 Å². The van der Waals surface area contributed by atoms with Gasteiger partial charge in [0, 0.05) is 61.4 Å². The summed E-state index contributed by atoms with van der Waals surface area (Å²) in [4.78, 5) is 34.4. The molecule has 0 bridgehead atoms. The van der Waals surface area contributed by atoms with Crippen LogP contribution in [0.2, 0.25) is 5.02 Å². The molecule has 6 rings (SSSR count). The molecule has 1 aliphatic carbocycles. The number of unbranched alkanes of at least 4 members (excludes halogenated alkanes) is 2. The zero-order valence-corrected chi connectivity index (χ0v) is 30.8. The minimum atomic E-state index is -3.80. The first-order valence-electron chi connectivity index (χ1n) is 17.2. The van der Waals surface area contributed by atoms with E-state index in [1.54, 1.807) is 30.5 Å². The molecule has 51 heavy (non-hydrogen) atoms. The maximum absolute atomic E-state index is 13.3. The van der Waals surface area contributed by atoms with Gasteiger partial charge in [0.1, 0.15) is 34.4 Å². The van der Waals surface area contributed by atoms with Gasteiger partial charge in [-0.05, 0) is 62.2 Å². The molecular weight excluding hydrogens is 692 g/mol. The van der Waals surface area contributed by atoms with E-state index in [-0.39, 0.29) is 39.3 Å². The van der Waals surface area contributed by atoms with E-state index in [0.717, 1.165) is 57.8 Å². The summed E-state index contributed by atoms with van der Waals surface area (Å²) in [5, 5.41) is 12.7. The number of rotatable bonds is 12. The lowest BCUT2D eigenvalue weighted by atomic mass is 9.49. The Hall–Kier alpha value is -4.38. The molecule has 2 aliphatic heterocycles. The molecule has 2 fully saturated rings. The lowest BCUT2D eigenvalue weighted by Crippen LogP contribution is -2.74. The molecular formula is C37H43ClN6O6S. The lowest BCUT2D eigenvalue weighted by molar-refractivity contribution is -0.164. The van der Waals surface area contributed by atoms with Gasteiger partial charge in [-0.3, -0.25) is 14.5 Å². The molecule has 3 heterocycles. The van der Waals surface area contributed by atoms with Crippen molar-refractivity contribution in [1.29, 1.82) is 5.26 Å². The smallest absolute Gasteiger partial charge is 0.266 e. The number of carbonyl (C=O) groups excluding carboxylic acids is 2. The number of nitrogens with one attached hydrogen (secondary N) is 2. The molecule has 270 valence electrons. The predicted octanol–water partition coefficient (Wildman–Crippen LogP) is 5.02. The summed E-state index contributed by atoms with van der Waals surface area (Å²) < 4.78 is 38.2. The maximum Gasteiger partial charge on any atom is 0.266 e. The molecule has 14 heteroatoms. The van der Waals surface area contributed by atoms with Crippen LogP contribution in [0.15, 0.2) is 59.6 Å². The number of nitrogens with zero attached hydrogens (tertiary/aromatic N) is 4. The molecule has 0 atom stereocenters. The Morgan fingerprint density at radius 1 is 1.02 bits per heavy atom. The van der Waals surface area contributed by atoms with Gasteiger partial charge in [-0.15, -0.1) is 0 Å². The lowest BCUT2D eigenvalue weighted by Gasteiger charge is -2.63. The summed E-state index contributed by atoms with van der Waals surface area (Å²) in [7, 11) is -3.80. The van der Waals surface area contributed by atoms with Crippen LogP contribution in [0.4, 0.5) is 5.82 Å². The number of hydrogen-bond acceptors (Lipinski definition) is 10. The molecule has 2 amide bonds. The zero-order chi connectivity index (χ0) is 36.6. The number of nitriles is 1. The Labute approximate surface area is 304 Å². The Kier molecular flexibility index (Phi) is 10.2. The standard InChI is InChI=1S/C37H43ClN6O6S/c1-36(2)34(37(3,4)35(36)50-27-10-8-24(22-39)29(38)20-27)41-32(45)25-9-13-31(40-23-25)44-17-15-43(16-18-44)14-6-5-7-19-49-26-11-12-28-30(21-26)51(47,48)42-33(28)46/h8-13,20-21,23,34-35H,5-7,14-19H2,1-4H3,(H,41,45)(H,42,46). The van der Waals surface area contributed by atoms with E-state index in [2.05, 4.69) is 53.9 Å². The van der Waals surface area contributed by atoms with Crippen LogP contribution < -0.4 is 24.4 Å². The van der Waals surface area contributed by atoms with Crippen LogP contribution >= 0.6 is 11.6 Å². The fourth-order valence-electron chi connectivity index (χ4n) is 7.76. The van der Waals surface area contributed by atoms with Crippen LogP contribution in [0.1, 0.15) is 73.2 Å². The number of ether oxygens (including phenoxy) is 2. The van der Waals surface area contributed by atoms with Crippen LogP contribution in [0.5, 0.6) is 11.5 Å². The van der Waals surface area contributed by atoms with Crippen LogP contribution in [-0.2, 0) is 10.0 Å². The molecule has 3 aromatic rings. The van der Waals surface area contributed by atoms with E-state index in [4.69, 9.17) is 21.1 Å². The van der Waals surface area contributed by atoms with E-state index in [1.807, 2.05) is 16.9 Å². The number of anilines is 1. The Morgan fingerprint density at radius 2 is 1.75 bits per heavy atom. The maximum atomic E-state index is 13.3. The molecule has 2 N–H and O–H groups in total. The normalized spacial score (nSPS) is 21.5. The van der Waals surface area contributed by atoms with Crippen molar-refractivity contribution < 1.29 is 27.5 Å². The highest BCUT2D eigenvalue weighted by atomic mass is 35.5. The molecule has 0 unspecified atom stereocenters. The highest BCUT2D eigenvalue weighted by Gasteiger charge is 2.64. The second-order valence-corrected chi connectivity index (χ2v) is 16.6. The number of carbonyl (C=O) groups is 2. The first-order valence-corrected chi connectivity index (χ1v) is 19.0. The third kappa shape index (κ3) is 7.49. The summed E-state index contributed by atoms with van der Waals surface area (Å²) >= 11 is 6.22. The van der Waals surface area contributed by atoms with Gasteiger partial charge in [0.05, 0.1) is 28.3 Å². The minimum absolute atomic E-state index is 0.0346. The number of sulfonamides is 1. The van der Waals surface area contributed by atoms with E-state index < -0.39 is 15.9 Å². The monoisotopic (exact) mass is 734 g/mol. The van der Waals surface area contributed by atoms with Crippen molar-refractivity contribution in [3.63, 3.8) is 0 Å². The van der Waals surface area contributed by atoms with Crippen molar-refractivity contribution in [2.24, 2.45) is 10.8 Å². The van der Waals surface area contributed by atoms with Crippen molar-refractivity contribution in [1.82, 2.24) is 19.9 Å². The number of aromatic nitrogens is 1. The largest absolute Gasteiger partial charge is 0.494 e. The van der Waals surface area contributed by atoms with E-state index >= 15 is 0 Å². The zero-order valence-electron chi connectivity index (χ0n) is 29.2. The molecule has 1 saturated carbocycles. The van der Waals surface area contributed by atoms with Crippen molar-refractivity contribution >= 4 is 39.3 Å². The number of hydrogen-bond donors (Lipinski definition) is 2. The Balaban J connectivity index is 0.910. The molecule has 12 nitrogen and oxygen atoms in total. The summed E-state index contributed by atoms with van der Waals surface area (Å²) in [5.41, 5.74) is 0.316. The average Bonchev–Trinajstić information content (AvgIpc) is 3.34. The first-order chi connectivity index (χ1) is 24.2. The van der Waals surface area contributed by atoms with Crippen LogP contribution in [0.25, 0.3) is 0 Å². The van der Waals surface area contributed by atoms with Gasteiger partial charge in [-0.2, -0.15) is 5.26 Å². The van der Waals surface area contributed by atoms with Crippen LogP contribution in [-0.4, -0.2) is 81.6 Å². The van der Waals surface area contributed by atoms with Crippen LogP contribution in [0, 0.1) is 22.2 Å². The highest BCUT2D eigenvalue weighted by Crippen LogP contribution is 2.55. The van der Waals surface area contributed by atoms with Gasteiger partial charge in [0.25, 0.3) is 21.8 Å². The quantitative estimate of drug-likeness (QED) is 0.243. The second kappa shape index (κ2) is 14.3. The Morgan fingerprint density at radius 3 is 2.41 bits per heavy atom. The summed E-state index contributed by atoms with van der Waals surface area (Å²) in [6.45, 7) is 13.3. The Bertz CT molecular complexity index is 1940. The molecule has 0 radical (unpaired) electrons. The summed E-state index contributed by atoms with van der Waals surface area (Å²) in [6, 6.07) is 15.2. The van der Waals surface area contributed by atoms with Crippen molar-refractivity contribution in [2.45, 2.75) is 64.0 Å². The second-order valence-electron chi connectivity index (χ2n) is 14.5. The fraction of sp³-hybridized carbons (Fsp3) is 0.459. The van der Waals surface area contributed by atoms with Crippen molar-refractivity contribution in [3.05, 3.63) is 76.4 Å². The third-order valence-electron chi connectivity index (χ3n) is 10.2. The van der Waals surface area contributed by atoms with Crippen molar-refractivity contribution in [2.75, 3.05) is 44.2 Å². The predicted molar refractivity (Wildman–Crippen MR) is 193 cm³/mol. The number of halogens is 1. The topological polar surface area (TPSA) is 154 Å². The van der Waals surface area contributed by atoms with E-state index in [0.29, 0.717) is 34.3 Å². The van der Waals surface area contributed by atoms with Gasteiger partial charge in [0.2, 0.25) is 0 Å². The molecule has 3 aliphatic rings. The molecule has 1 saturated heterocycles. The van der Waals surface area contributed by atoms with Gasteiger partial charge in [-0.1, -0.05) is 39.3 Å². The number of benzene rings is 2. The number of piperazine rings is 1. The van der Waals surface area contributed by atoms with E-state index in [1.165, 1.54) is 12.1 Å². The molecule has 1 aromatic heterocycles. The molecule has 0 spiro atoms. The third-order valence-corrected chi connectivity index (χ3v) is 11.9. The van der Waals surface area contributed by atoms with Gasteiger partial charge < -0.3 is 19.7 Å². The summed E-state index contributed by atoms with van der Waals surface area (Å²) in [6.07, 6.45) is 4.29. The first kappa shape index (κ1) is 36.4. The number of pyridine rings is 1. The minimum Gasteiger partial charge on any atom is -0.494 e. The number of amides is 2.